The molecular formula is C16H23N3O2. The summed E-state index contributed by atoms with van der Waals surface area (Å²) >= 11 is 0. The van der Waals surface area contributed by atoms with Crippen LogP contribution in [0.4, 0.5) is 0 Å². The van der Waals surface area contributed by atoms with Crippen LogP contribution >= 0.6 is 0 Å². The Bertz CT molecular complexity index is 615. The van der Waals surface area contributed by atoms with Crippen molar-refractivity contribution in [3.8, 4) is 5.75 Å². The van der Waals surface area contributed by atoms with E-state index in [2.05, 4.69) is 29.1 Å². The number of methoxy groups -OCH3 is 1. The van der Waals surface area contributed by atoms with Crippen molar-refractivity contribution in [3.05, 3.63) is 30.0 Å². The fourth-order valence-corrected chi connectivity index (χ4v) is 3.00. The smallest absolute Gasteiger partial charge is 0.119 e. The number of hydrogen-bond donors (Lipinski definition) is 2. The molecule has 5 heteroatoms. The van der Waals surface area contributed by atoms with E-state index in [0.29, 0.717) is 0 Å². The molecule has 2 aromatic rings. The highest BCUT2D eigenvalue weighted by Crippen LogP contribution is 2.27. The molecule has 0 saturated carbocycles. The highest BCUT2D eigenvalue weighted by atomic mass is 16.5. The molecule has 3 rings (SSSR count). The topological polar surface area (TPSA) is 63.5 Å². The van der Waals surface area contributed by atoms with E-state index in [1.165, 1.54) is 10.9 Å². The highest BCUT2D eigenvalue weighted by molar-refractivity contribution is 5.84. The van der Waals surface area contributed by atoms with Gasteiger partial charge in [0.05, 0.1) is 26.0 Å². The molecule has 0 amide bonds. The molecule has 5 nitrogen and oxygen atoms in total. The van der Waals surface area contributed by atoms with Gasteiger partial charge in [0.1, 0.15) is 5.75 Å². The Labute approximate surface area is 125 Å². The predicted octanol–water partition coefficient (Wildman–Crippen LogP) is 1.73. The number of H-pyrrole nitrogens is 1. The van der Waals surface area contributed by atoms with Gasteiger partial charge < -0.3 is 20.2 Å². The minimum atomic E-state index is -0.373. The Morgan fingerprint density at radius 2 is 2.14 bits per heavy atom. The summed E-state index contributed by atoms with van der Waals surface area (Å²) in [4.78, 5) is 5.61. The van der Waals surface area contributed by atoms with Crippen molar-refractivity contribution in [3.63, 3.8) is 0 Å². The zero-order chi connectivity index (χ0) is 14.9. The maximum atomic E-state index is 6.57. The SMILES string of the molecule is COc1ccc2[nH]cc(CC(C)(N)N3CCOCC3)c2c1. The van der Waals surface area contributed by atoms with Gasteiger partial charge in [0.25, 0.3) is 0 Å². The van der Waals surface area contributed by atoms with Crippen molar-refractivity contribution in [1.82, 2.24) is 9.88 Å². The number of morpholine rings is 1. The molecule has 114 valence electrons. The van der Waals surface area contributed by atoms with Crippen LogP contribution in [-0.4, -0.2) is 49.0 Å². The van der Waals surface area contributed by atoms with Gasteiger partial charge in [-0.3, -0.25) is 4.90 Å². The first-order valence-corrected chi connectivity index (χ1v) is 7.36. The number of rotatable bonds is 4. The van der Waals surface area contributed by atoms with E-state index in [0.717, 1.165) is 44.0 Å². The number of benzene rings is 1. The molecule has 1 aromatic carbocycles. The van der Waals surface area contributed by atoms with E-state index >= 15 is 0 Å². The molecule has 1 aliphatic rings. The number of ether oxygens (including phenoxy) is 2. The van der Waals surface area contributed by atoms with Crippen molar-refractivity contribution in [2.45, 2.75) is 19.0 Å². The molecule has 1 atom stereocenters. The fraction of sp³-hybridized carbons (Fsp3) is 0.500. The maximum Gasteiger partial charge on any atom is 0.119 e. The molecule has 2 heterocycles. The average molecular weight is 289 g/mol. The molecule has 21 heavy (non-hydrogen) atoms. The number of aromatic amines is 1. The van der Waals surface area contributed by atoms with Crippen LogP contribution in [-0.2, 0) is 11.2 Å². The van der Waals surface area contributed by atoms with E-state index in [1.54, 1.807) is 7.11 Å². The number of aromatic nitrogens is 1. The monoisotopic (exact) mass is 289 g/mol. The van der Waals surface area contributed by atoms with Crippen molar-refractivity contribution >= 4 is 10.9 Å². The van der Waals surface area contributed by atoms with Gasteiger partial charge in [-0.1, -0.05) is 0 Å². The van der Waals surface area contributed by atoms with E-state index < -0.39 is 0 Å². The summed E-state index contributed by atoms with van der Waals surface area (Å²) in [7, 11) is 1.69. The van der Waals surface area contributed by atoms with Crippen LogP contribution in [0.2, 0.25) is 0 Å². The van der Waals surface area contributed by atoms with Crippen molar-refractivity contribution < 1.29 is 9.47 Å². The summed E-state index contributed by atoms with van der Waals surface area (Å²) in [5.41, 5.74) is 8.53. The first-order chi connectivity index (χ1) is 10.1. The Morgan fingerprint density at radius 1 is 1.38 bits per heavy atom. The number of nitrogens with two attached hydrogens (primary N) is 1. The van der Waals surface area contributed by atoms with Crippen molar-refractivity contribution in [1.29, 1.82) is 0 Å². The lowest BCUT2D eigenvalue weighted by Crippen LogP contribution is -2.58. The number of nitrogens with one attached hydrogen (secondary N) is 1. The van der Waals surface area contributed by atoms with Gasteiger partial charge >= 0.3 is 0 Å². The number of nitrogens with zero attached hydrogens (tertiary/aromatic N) is 1. The molecule has 1 saturated heterocycles. The van der Waals surface area contributed by atoms with Gasteiger partial charge in [0.2, 0.25) is 0 Å². The van der Waals surface area contributed by atoms with Gasteiger partial charge in [-0.05, 0) is 30.7 Å². The summed E-state index contributed by atoms with van der Waals surface area (Å²) in [5, 5.41) is 1.18. The predicted molar refractivity (Wildman–Crippen MR) is 83.5 cm³/mol. The highest BCUT2D eigenvalue weighted by Gasteiger charge is 2.29. The summed E-state index contributed by atoms with van der Waals surface area (Å²) in [6, 6.07) is 6.07. The fourth-order valence-electron chi connectivity index (χ4n) is 3.00. The zero-order valence-electron chi connectivity index (χ0n) is 12.7. The largest absolute Gasteiger partial charge is 0.497 e. The quantitative estimate of drug-likeness (QED) is 0.899. The molecule has 1 fully saturated rings. The summed E-state index contributed by atoms with van der Waals surface area (Å²) in [6.45, 7) is 5.39. The Balaban J connectivity index is 1.86. The third-order valence-electron chi connectivity index (χ3n) is 4.26. The normalized spacial score (nSPS) is 19.6. The van der Waals surface area contributed by atoms with Crippen LogP contribution in [0.5, 0.6) is 5.75 Å². The zero-order valence-corrected chi connectivity index (χ0v) is 12.7. The van der Waals surface area contributed by atoms with Gasteiger partial charge in [-0.25, -0.2) is 0 Å². The summed E-state index contributed by atoms with van der Waals surface area (Å²) < 4.78 is 10.7. The van der Waals surface area contributed by atoms with Gasteiger partial charge in [-0.15, -0.1) is 0 Å². The van der Waals surface area contributed by atoms with Gasteiger partial charge in [0, 0.05) is 36.6 Å². The van der Waals surface area contributed by atoms with Crippen LogP contribution in [0, 0.1) is 0 Å². The van der Waals surface area contributed by atoms with Gasteiger partial charge in [-0.2, -0.15) is 0 Å². The van der Waals surface area contributed by atoms with Crippen molar-refractivity contribution in [2.24, 2.45) is 5.73 Å². The van der Waals surface area contributed by atoms with Crippen LogP contribution in [0.25, 0.3) is 10.9 Å². The second-order valence-electron chi connectivity index (χ2n) is 5.86. The van der Waals surface area contributed by atoms with Crippen LogP contribution in [0.15, 0.2) is 24.4 Å². The van der Waals surface area contributed by atoms with Crippen molar-refractivity contribution in [2.75, 3.05) is 33.4 Å². The van der Waals surface area contributed by atoms with E-state index in [4.69, 9.17) is 15.2 Å². The molecular weight excluding hydrogens is 266 g/mol. The second kappa shape index (κ2) is 5.67. The molecule has 1 unspecified atom stereocenters. The average Bonchev–Trinajstić information content (AvgIpc) is 2.90. The molecule has 1 aromatic heterocycles. The number of fused-ring (bicyclic) bond motifs is 1. The van der Waals surface area contributed by atoms with Gasteiger partial charge in [0.15, 0.2) is 0 Å². The minimum absolute atomic E-state index is 0.373. The molecule has 0 radical (unpaired) electrons. The number of hydrogen-bond acceptors (Lipinski definition) is 4. The Hall–Kier alpha value is -1.56. The van der Waals surface area contributed by atoms with Crippen LogP contribution < -0.4 is 10.5 Å². The first kappa shape index (κ1) is 14.4. The first-order valence-electron chi connectivity index (χ1n) is 7.36. The second-order valence-corrected chi connectivity index (χ2v) is 5.86. The minimum Gasteiger partial charge on any atom is -0.497 e. The molecule has 0 bridgehead atoms. The standard InChI is InChI=1S/C16H23N3O2/c1-16(17,19-5-7-21-8-6-19)10-12-11-18-15-4-3-13(20-2)9-14(12)15/h3-4,9,11,18H,5-8,10,17H2,1-2H3. The van der Waals surface area contributed by atoms with E-state index in [-0.39, 0.29) is 5.66 Å². The molecule has 1 aliphatic heterocycles. The van der Waals surface area contributed by atoms with Crippen LogP contribution in [0.3, 0.4) is 0 Å². The lowest BCUT2D eigenvalue weighted by atomic mass is 9.99. The Kier molecular flexibility index (Phi) is 3.89. The van der Waals surface area contributed by atoms with E-state index in [1.807, 2.05) is 12.1 Å². The summed E-state index contributed by atoms with van der Waals surface area (Å²) in [6.07, 6.45) is 2.84. The lowest BCUT2D eigenvalue weighted by Gasteiger charge is -2.40. The van der Waals surface area contributed by atoms with E-state index in [9.17, 15) is 0 Å². The molecule has 0 spiro atoms. The maximum absolute atomic E-state index is 6.57. The lowest BCUT2D eigenvalue weighted by molar-refractivity contribution is -0.0141. The summed E-state index contributed by atoms with van der Waals surface area (Å²) in [5.74, 6) is 0.869. The molecule has 0 aliphatic carbocycles. The third kappa shape index (κ3) is 2.90. The Morgan fingerprint density at radius 3 is 2.86 bits per heavy atom. The third-order valence-corrected chi connectivity index (χ3v) is 4.26. The van der Waals surface area contributed by atoms with Crippen LogP contribution in [0.1, 0.15) is 12.5 Å². The molecule has 3 N–H and O–H groups in total.